The Balaban J connectivity index is 2.01. The van der Waals surface area contributed by atoms with Crippen LogP contribution >= 0.6 is 0 Å². The minimum Gasteiger partial charge on any atom is -0.493 e. The summed E-state index contributed by atoms with van der Waals surface area (Å²) in [5.41, 5.74) is 0.843. The summed E-state index contributed by atoms with van der Waals surface area (Å²) in [5, 5.41) is 24.9. The molecular weight excluding hydrogens is 464 g/mol. The van der Waals surface area contributed by atoms with E-state index in [4.69, 9.17) is 14.9 Å². The highest BCUT2D eigenvalue weighted by Gasteiger charge is 2.20. The van der Waals surface area contributed by atoms with Crippen LogP contribution in [-0.2, 0) is 16.4 Å². The summed E-state index contributed by atoms with van der Waals surface area (Å²) < 4.78 is 35.3. The molecule has 0 aliphatic heterocycles. The monoisotopic (exact) mass is 494 g/mol. The normalized spacial score (nSPS) is 12.1. The molecule has 2 heterocycles. The van der Waals surface area contributed by atoms with E-state index < -0.39 is 16.3 Å². The van der Waals surface area contributed by atoms with Gasteiger partial charge in [-0.25, -0.2) is 22.6 Å². The maximum atomic E-state index is 12.8. The molecule has 0 saturated heterocycles. The molecule has 0 atom stereocenters. The molecule has 0 spiro atoms. The molecule has 0 saturated carbocycles. The van der Waals surface area contributed by atoms with Gasteiger partial charge in [-0.1, -0.05) is 6.92 Å². The Morgan fingerprint density at radius 1 is 1.24 bits per heavy atom. The van der Waals surface area contributed by atoms with Crippen molar-refractivity contribution in [1.82, 2.24) is 29.6 Å². The van der Waals surface area contributed by atoms with E-state index in [1.54, 1.807) is 13.8 Å². The number of hydrogen-bond acceptors (Lipinski definition) is 9. The number of fused-ring (bicyclic) bond motifs is 1. The van der Waals surface area contributed by atoms with Gasteiger partial charge in [-0.05, 0) is 38.5 Å². The molecule has 2 aromatic heterocycles. The van der Waals surface area contributed by atoms with Crippen LogP contribution in [0.25, 0.3) is 16.9 Å². The molecule has 34 heavy (non-hydrogen) atoms. The molecule has 5 N–H and O–H groups in total. The standard InChI is InChI=1S/C21H30N6O6S/c1-4-6-17-24-13(3)19-21(30)25-20(26-27(17)19)15-11-14(7-8-16(15)33-5-2)34(31,32)23-10-9-22-12-18(28)29/h7-8,11,18,22-23,28-29H,4-6,9-10,12H2,1-3H3,(H,25,26,30). The lowest BCUT2D eigenvalue weighted by Gasteiger charge is -2.13. The van der Waals surface area contributed by atoms with Gasteiger partial charge < -0.3 is 25.3 Å². The van der Waals surface area contributed by atoms with Gasteiger partial charge in [-0.3, -0.25) is 4.79 Å². The Bertz CT molecular complexity index is 1300. The second-order valence-electron chi connectivity index (χ2n) is 7.60. The third-order valence-electron chi connectivity index (χ3n) is 4.95. The average Bonchev–Trinajstić information content (AvgIpc) is 3.09. The minimum absolute atomic E-state index is 0.0351. The van der Waals surface area contributed by atoms with Crippen LogP contribution in [-0.4, -0.2) is 70.7 Å². The first-order valence-electron chi connectivity index (χ1n) is 11.0. The number of nitrogens with one attached hydrogen (secondary N) is 3. The summed E-state index contributed by atoms with van der Waals surface area (Å²) in [6, 6.07) is 4.32. The van der Waals surface area contributed by atoms with Crippen LogP contribution < -0.4 is 20.3 Å². The van der Waals surface area contributed by atoms with Crippen molar-refractivity contribution in [2.24, 2.45) is 0 Å². The number of aromatic amines is 1. The Kier molecular flexibility index (Phi) is 8.38. The zero-order valence-electron chi connectivity index (χ0n) is 19.3. The van der Waals surface area contributed by atoms with Crippen molar-refractivity contribution in [3.63, 3.8) is 0 Å². The predicted molar refractivity (Wildman–Crippen MR) is 125 cm³/mol. The number of aliphatic hydroxyl groups excluding tert-OH is 1. The van der Waals surface area contributed by atoms with Crippen LogP contribution in [0.3, 0.4) is 0 Å². The summed E-state index contributed by atoms with van der Waals surface area (Å²) in [4.78, 5) is 20.0. The number of H-pyrrole nitrogens is 1. The van der Waals surface area contributed by atoms with E-state index in [0.29, 0.717) is 41.4 Å². The summed E-state index contributed by atoms with van der Waals surface area (Å²) in [6.07, 6.45) is -0.0737. The van der Waals surface area contributed by atoms with Crippen molar-refractivity contribution < 1.29 is 23.4 Å². The number of benzene rings is 1. The maximum absolute atomic E-state index is 12.8. The fraction of sp³-hybridized carbons (Fsp3) is 0.476. The summed E-state index contributed by atoms with van der Waals surface area (Å²) >= 11 is 0. The number of rotatable bonds is 12. The highest BCUT2D eigenvalue weighted by molar-refractivity contribution is 7.89. The second kappa shape index (κ2) is 11.1. The van der Waals surface area contributed by atoms with Crippen molar-refractivity contribution in [3.05, 3.63) is 40.1 Å². The SMILES string of the molecule is CCCc1nc(C)c2c(=O)[nH]c(-c3cc(S(=O)(=O)NCCNCC(O)O)ccc3OCC)nn12. The van der Waals surface area contributed by atoms with Crippen molar-refractivity contribution in [2.45, 2.75) is 44.8 Å². The van der Waals surface area contributed by atoms with E-state index in [-0.39, 0.29) is 35.9 Å². The number of sulfonamides is 1. The number of ether oxygens (including phenoxy) is 1. The maximum Gasteiger partial charge on any atom is 0.277 e. The number of nitrogens with zero attached hydrogens (tertiary/aromatic N) is 3. The van der Waals surface area contributed by atoms with Gasteiger partial charge >= 0.3 is 0 Å². The van der Waals surface area contributed by atoms with E-state index in [2.05, 4.69) is 25.1 Å². The first-order valence-corrected chi connectivity index (χ1v) is 12.5. The van der Waals surface area contributed by atoms with Crippen molar-refractivity contribution >= 4 is 15.5 Å². The Morgan fingerprint density at radius 2 is 2.00 bits per heavy atom. The number of hydrogen-bond donors (Lipinski definition) is 5. The van der Waals surface area contributed by atoms with E-state index in [1.165, 1.54) is 22.7 Å². The van der Waals surface area contributed by atoms with Gasteiger partial charge in [0, 0.05) is 26.1 Å². The van der Waals surface area contributed by atoms with E-state index in [9.17, 15) is 13.2 Å². The lowest BCUT2D eigenvalue weighted by Crippen LogP contribution is -2.35. The molecule has 13 heteroatoms. The molecule has 0 unspecified atom stereocenters. The lowest BCUT2D eigenvalue weighted by atomic mass is 10.2. The highest BCUT2D eigenvalue weighted by atomic mass is 32.2. The van der Waals surface area contributed by atoms with Crippen molar-refractivity contribution in [2.75, 3.05) is 26.2 Å². The molecule has 0 fully saturated rings. The van der Waals surface area contributed by atoms with Gasteiger partial charge in [0.1, 0.15) is 11.6 Å². The van der Waals surface area contributed by atoms with Gasteiger partial charge in [0.25, 0.3) is 5.56 Å². The van der Waals surface area contributed by atoms with Gasteiger partial charge in [-0.2, -0.15) is 0 Å². The molecule has 0 aliphatic rings. The van der Waals surface area contributed by atoms with Crippen LogP contribution in [0.1, 0.15) is 31.8 Å². The summed E-state index contributed by atoms with van der Waals surface area (Å²) in [6.45, 7) is 6.03. The Labute approximate surface area is 197 Å². The quantitative estimate of drug-likeness (QED) is 0.171. The van der Waals surface area contributed by atoms with Crippen LogP contribution in [0.5, 0.6) is 5.75 Å². The lowest BCUT2D eigenvalue weighted by molar-refractivity contribution is -0.0369. The summed E-state index contributed by atoms with van der Waals surface area (Å²) in [5.74, 6) is 1.18. The topological polar surface area (TPSA) is 171 Å². The molecule has 186 valence electrons. The molecule has 0 bridgehead atoms. The number of imidazole rings is 1. The fourth-order valence-electron chi connectivity index (χ4n) is 3.47. The summed E-state index contributed by atoms with van der Waals surface area (Å²) in [7, 11) is -3.90. The van der Waals surface area contributed by atoms with Crippen LogP contribution in [0, 0.1) is 6.92 Å². The number of aryl methyl sites for hydroxylation is 2. The molecule has 0 amide bonds. The Morgan fingerprint density at radius 3 is 2.68 bits per heavy atom. The predicted octanol–water partition coefficient (Wildman–Crippen LogP) is -0.0772. The Hall–Kier alpha value is -2.84. The molecule has 12 nitrogen and oxygen atoms in total. The molecule has 3 aromatic rings. The molecule has 0 aliphatic carbocycles. The molecule has 0 radical (unpaired) electrons. The van der Waals surface area contributed by atoms with Gasteiger partial charge in [0.2, 0.25) is 10.0 Å². The first-order chi connectivity index (χ1) is 16.2. The largest absolute Gasteiger partial charge is 0.493 e. The van der Waals surface area contributed by atoms with E-state index >= 15 is 0 Å². The van der Waals surface area contributed by atoms with Crippen molar-refractivity contribution in [1.29, 1.82) is 0 Å². The molecule has 1 aromatic carbocycles. The second-order valence-corrected chi connectivity index (χ2v) is 9.37. The van der Waals surface area contributed by atoms with Gasteiger partial charge in [0.05, 0.1) is 22.8 Å². The minimum atomic E-state index is -3.90. The smallest absolute Gasteiger partial charge is 0.277 e. The zero-order chi connectivity index (χ0) is 24.9. The van der Waals surface area contributed by atoms with Crippen molar-refractivity contribution in [3.8, 4) is 17.1 Å². The van der Waals surface area contributed by atoms with Gasteiger partial charge in [0.15, 0.2) is 17.6 Å². The highest BCUT2D eigenvalue weighted by Crippen LogP contribution is 2.30. The third-order valence-corrected chi connectivity index (χ3v) is 6.41. The van der Waals surface area contributed by atoms with E-state index in [1.807, 2.05) is 6.92 Å². The third kappa shape index (κ3) is 5.80. The number of aromatic nitrogens is 4. The average molecular weight is 495 g/mol. The zero-order valence-corrected chi connectivity index (χ0v) is 20.1. The van der Waals surface area contributed by atoms with Crippen LogP contribution in [0.2, 0.25) is 0 Å². The molecule has 3 rings (SSSR count). The number of aliphatic hydroxyl groups is 2. The first kappa shape index (κ1) is 25.8. The van der Waals surface area contributed by atoms with Crippen LogP contribution in [0.15, 0.2) is 27.9 Å². The van der Waals surface area contributed by atoms with E-state index in [0.717, 1.165) is 6.42 Å². The fourth-order valence-corrected chi connectivity index (χ4v) is 4.53. The van der Waals surface area contributed by atoms with Crippen LogP contribution in [0.4, 0.5) is 0 Å². The molecular formula is C21H30N6O6S. The van der Waals surface area contributed by atoms with Gasteiger partial charge in [-0.15, -0.1) is 5.10 Å².